The van der Waals surface area contributed by atoms with E-state index in [4.69, 9.17) is 0 Å². The number of carbonyl (C=O) groups is 1. The number of nitrogens with zero attached hydrogens (tertiary/aromatic N) is 3. The van der Waals surface area contributed by atoms with Crippen LogP contribution in [0.4, 0.5) is 13.2 Å². The zero-order valence-electron chi connectivity index (χ0n) is 17.8. The van der Waals surface area contributed by atoms with Crippen LogP contribution >= 0.6 is 0 Å². The number of amides is 1. The van der Waals surface area contributed by atoms with Crippen molar-refractivity contribution in [3.8, 4) is 28.5 Å². The van der Waals surface area contributed by atoms with Crippen molar-refractivity contribution in [1.29, 1.82) is 5.26 Å². The van der Waals surface area contributed by atoms with Crippen molar-refractivity contribution in [3.63, 3.8) is 0 Å². The van der Waals surface area contributed by atoms with Gasteiger partial charge in [-0.2, -0.15) is 5.26 Å². The molecule has 1 aliphatic heterocycles. The SMILES string of the molecule is N#Cc1cc(F)ccc1Cn1c2c(c(-c3ccc(F)cc3)c1-c1ccncc1F)C(=O)NCC2. The number of nitriles is 1. The molecule has 34 heavy (non-hydrogen) atoms. The van der Waals surface area contributed by atoms with E-state index in [1.807, 2.05) is 6.07 Å². The van der Waals surface area contributed by atoms with E-state index in [0.29, 0.717) is 46.6 Å². The summed E-state index contributed by atoms with van der Waals surface area (Å²) in [6, 6.07) is 13.1. The molecular formula is C26H17F3N4O. The van der Waals surface area contributed by atoms with E-state index in [2.05, 4.69) is 10.3 Å². The molecule has 1 amide bonds. The number of fused-ring (bicyclic) bond motifs is 1. The molecule has 0 bridgehead atoms. The second kappa shape index (κ2) is 8.52. The highest BCUT2D eigenvalue weighted by Gasteiger charge is 2.32. The highest BCUT2D eigenvalue weighted by Crippen LogP contribution is 2.42. The van der Waals surface area contributed by atoms with Gasteiger partial charge in [-0.1, -0.05) is 18.2 Å². The van der Waals surface area contributed by atoms with Crippen LogP contribution in [0.1, 0.15) is 27.2 Å². The van der Waals surface area contributed by atoms with E-state index in [1.165, 1.54) is 36.5 Å². The monoisotopic (exact) mass is 458 g/mol. The maximum atomic E-state index is 15.1. The second-order valence-corrected chi connectivity index (χ2v) is 7.91. The minimum Gasteiger partial charge on any atom is -0.352 e. The highest BCUT2D eigenvalue weighted by molar-refractivity contribution is 6.07. The summed E-state index contributed by atoms with van der Waals surface area (Å²) in [7, 11) is 0. The van der Waals surface area contributed by atoms with E-state index < -0.39 is 17.5 Å². The topological polar surface area (TPSA) is 70.7 Å². The molecule has 168 valence electrons. The molecule has 1 aliphatic rings. The number of carbonyl (C=O) groups excluding carboxylic acids is 1. The van der Waals surface area contributed by atoms with Gasteiger partial charge in [-0.05, 0) is 41.5 Å². The van der Waals surface area contributed by atoms with Crippen LogP contribution in [0.2, 0.25) is 0 Å². The number of aromatic nitrogens is 2. The lowest BCUT2D eigenvalue weighted by molar-refractivity contribution is 0.0946. The number of halogens is 3. The van der Waals surface area contributed by atoms with Gasteiger partial charge in [0.15, 0.2) is 5.82 Å². The summed E-state index contributed by atoms with van der Waals surface area (Å²) in [5.41, 5.74) is 3.30. The zero-order chi connectivity index (χ0) is 23.8. The van der Waals surface area contributed by atoms with Crippen LogP contribution in [0.25, 0.3) is 22.4 Å². The van der Waals surface area contributed by atoms with Crippen LogP contribution in [-0.4, -0.2) is 22.0 Å². The first kappa shape index (κ1) is 21.5. The average molecular weight is 458 g/mol. The molecule has 0 aliphatic carbocycles. The number of hydrogen-bond donors (Lipinski definition) is 1. The smallest absolute Gasteiger partial charge is 0.253 e. The molecule has 4 aromatic rings. The minimum atomic E-state index is -0.595. The van der Waals surface area contributed by atoms with Gasteiger partial charge in [0, 0.05) is 42.5 Å². The predicted molar refractivity (Wildman–Crippen MR) is 119 cm³/mol. The Labute approximate surface area is 193 Å². The van der Waals surface area contributed by atoms with Crippen molar-refractivity contribution >= 4 is 5.91 Å². The molecule has 0 unspecified atom stereocenters. The summed E-state index contributed by atoms with van der Waals surface area (Å²) in [6.07, 6.45) is 2.99. The third-order valence-corrected chi connectivity index (χ3v) is 5.93. The number of benzene rings is 2. The first-order valence-corrected chi connectivity index (χ1v) is 10.6. The van der Waals surface area contributed by atoms with Gasteiger partial charge in [-0.25, -0.2) is 13.2 Å². The van der Waals surface area contributed by atoms with Gasteiger partial charge in [0.1, 0.15) is 11.6 Å². The van der Waals surface area contributed by atoms with Gasteiger partial charge in [-0.3, -0.25) is 9.78 Å². The lowest BCUT2D eigenvalue weighted by Crippen LogP contribution is -2.32. The number of rotatable bonds is 4. The maximum absolute atomic E-state index is 15.1. The maximum Gasteiger partial charge on any atom is 0.253 e. The molecule has 0 atom stereocenters. The molecule has 2 aromatic carbocycles. The Morgan fingerprint density at radius 3 is 2.53 bits per heavy atom. The number of hydrogen-bond acceptors (Lipinski definition) is 3. The van der Waals surface area contributed by atoms with E-state index in [-0.39, 0.29) is 23.6 Å². The summed E-state index contributed by atoms with van der Waals surface area (Å²) >= 11 is 0. The van der Waals surface area contributed by atoms with Crippen molar-refractivity contribution in [2.45, 2.75) is 13.0 Å². The molecule has 3 heterocycles. The Morgan fingerprint density at radius 1 is 1.03 bits per heavy atom. The van der Waals surface area contributed by atoms with Crippen molar-refractivity contribution in [3.05, 3.63) is 101 Å². The summed E-state index contributed by atoms with van der Waals surface area (Å²) in [6.45, 7) is 0.489. The Bertz CT molecular complexity index is 1470. The highest BCUT2D eigenvalue weighted by atomic mass is 19.1. The van der Waals surface area contributed by atoms with E-state index in [0.717, 1.165) is 12.3 Å². The van der Waals surface area contributed by atoms with Crippen LogP contribution in [0.5, 0.6) is 0 Å². The summed E-state index contributed by atoms with van der Waals surface area (Å²) in [4.78, 5) is 16.9. The van der Waals surface area contributed by atoms with Crippen LogP contribution in [-0.2, 0) is 13.0 Å². The Balaban J connectivity index is 1.85. The normalized spacial score (nSPS) is 12.7. The number of nitrogens with one attached hydrogen (secondary N) is 1. The molecule has 0 spiro atoms. The molecule has 5 rings (SSSR count). The Morgan fingerprint density at radius 2 is 1.79 bits per heavy atom. The molecule has 1 N–H and O–H groups in total. The third-order valence-electron chi connectivity index (χ3n) is 5.93. The molecule has 8 heteroatoms. The largest absolute Gasteiger partial charge is 0.352 e. The van der Waals surface area contributed by atoms with Gasteiger partial charge in [0.2, 0.25) is 0 Å². The van der Waals surface area contributed by atoms with Crippen LogP contribution in [0.3, 0.4) is 0 Å². The predicted octanol–water partition coefficient (Wildman–Crippen LogP) is 4.84. The molecule has 0 radical (unpaired) electrons. The fraction of sp³-hybridized carbons (Fsp3) is 0.115. The lowest BCUT2D eigenvalue weighted by Gasteiger charge is -2.18. The van der Waals surface area contributed by atoms with Gasteiger partial charge < -0.3 is 9.88 Å². The first-order valence-electron chi connectivity index (χ1n) is 10.6. The summed E-state index contributed by atoms with van der Waals surface area (Å²) < 4.78 is 44.3. The van der Waals surface area contributed by atoms with Crippen LogP contribution < -0.4 is 5.32 Å². The minimum absolute atomic E-state index is 0.108. The zero-order valence-corrected chi connectivity index (χ0v) is 17.8. The average Bonchev–Trinajstić information content (AvgIpc) is 3.16. The Kier molecular flexibility index (Phi) is 5.38. The Hall–Kier alpha value is -4.38. The molecule has 2 aromatic heterocycles. The van der Waals surface area contributed by atoms with Gasteiger partial charge in [-0.15, -0.1) is 0 Å². The van der Waals surface area contributed by atoms with E-state index in [9.17, 15) is 18.8 Å². The molecule has 0 saturated carbocycles. The quantitative estimate of drug-likeness (QED) is 0.476. The van der Waals surface area contributed by atoms with E-state index >= 15 is 4.39 Å². The van der Waals surface area contributed by atoms with Gasteiger partial charge in [0.05, 0.1) is 29.1 Å². The lowest BCUT2D eigenvalue weighted by atomic mass is 9.95. The fourth-order valence-electron chi connectivity index (χ4n) is 4.44. The summed E-state index contributed by atoms with van der Waals surface area (Å²) in [5, 5.41) is 12.4. The second-order valence-electron chi connectivity index (χ2n) is 7.91. The van der Waals surface area contributed by atoms with Gasteiger partial charge >= 0.3 is 0 Å². The number of pyridine rings is 1. The van der Waals surface area contributed by atoms with Crippen molar-refractivity contribution < 1.29 is 18.0 Å². The standard InChI is InChI=1S/C26H17F3N4O/c27-18-4-1-15(2-5-18)23-24-22(8-10-32-26(24)34)33(25(23)20-7-9-31-13-21(20)29)14-16-3-6-19(28)11-17(16)12-30/h1-7,9,11,13H,8,10,14H2,(H,32,34). The molecule has 5 nitrogen and oxygen atoms in total. The van der Waals surface area contributed by atoms with E-state index in [1.54, 1.807) is 16.7 Å². The first-order chi connectivity index (χ1) is 16.5. The molecule has 0 saturated heterocycles. The summed E-state index contributed by atoms with van der Waals surface area (Å²) in [5.74, 6) is -1.90. The van der Waals surface area contributed by atoms with Crippen LogP contribution in [0.15, 0.2) is 60.9 Å². The molecule has 0 fully saturated rings. The van der Waals surface area contributed by atoms with Crippen molar-refractivity contribution in [2.24, 2.45) is 0 Å². The fourth-order valence-corrected chi connectivity index (χ4v) is 4.44. The molecular weight excluding hydrogens is 441 g/mol. The van der Waals surface area contributed by atoms with Crippen LogP contribution in [0, 0.1) is 28.8 Å². The van der Waals surface area contributed by atoms with Gasteiger partial charge in [0.25, 0.3) is 5.91 Å². The third kappa shape index (κ3) is 3.61. The van der Waals surface area contributed by atoms with Crippen molar-refractivity contribution in [1.82, 2.24) is 14.9 Å². The van der Waals surface area contributed by atoms with Crippen molar-refractivity contribution in [2.75, 3.05) is 6.54 Å².